The Hall–Kier alpha value is -2.24. The van der Waals surface area contributed by atoms with E-state index >= 15 is 0 Å². The Bertz CT molecular complexity index is 464. The highest BCUT2D eigenvalue weighted by Gasteiger charge is 2.18. The molecule has 6 nitrogen and oxygen atoms in total. The van der Waals surface area contributed by atoms with Gasteiger partial charge in [-0.1, -0.05) is 12.1 Å². The van der Waals surface area contributed by atoms with E-state index in [2.05, 4.69) is 10.1 Å². The average molecular weight is 267 g/mol. The predicted molar refractivity (Wildman–Crippen MR) is 69.3 cm³/mol. The second-order valence-electron chi connectivity index (χ2n) is 4.68. The summed E-state index contributed by atoms with van der Waals surface area (Å²) in [4.78, 5) is 22.7. The average Bonchev–Trinajstić information content (AvgIpc) is 2.29. The van der Waals surface area contributed by atoms with E-state index < -0.39 is 17.8 Å². The molecule has 0 atom stereocenters. The molecule has 6 heteroatoms. The van der Waals surface area contributed by atoms with Gasteiger partial charge in [0.25, 0.3) is 0 Å². The highest BCUT2D eigenvalue weighted by molar-refractivity contribution is 5.87. The zero-order valence-corrected chi connectivity index (χ0v) is 11.4. The summed E-state index contributed by atoms with van der Waals surface area (Å²) in [5.74, 6) is 0.181. The zero-order valence-electron chi connectivity index (χ0n) is 11.4. The van der Waals surface area contributed by atoms with Crippen LogP contribution >= 0.6 is 0 Å². The molecular formula is C13H17NO5. The Kier molecular flexibility index (Phi) is 4.74. The van der Waals surface area contributed by atoms with Crippen molar-refractivity contribution in [3.05, 3.63) is 24.3 Å². The first-order valence-corrected chi connectivity index (χ1v) is 5.66. The molecule has 0 bridgehead atoms. The van der Waals surface area contributed by atoms with Crippen molar-refractivity contribution in [2.75, 3.05) is 12.4 Å². The second kappa shape index (κ2) is 6.08. The Labute approximate surface area is 111 Å². The normalized spacial score (nSPS) is 10.5. The van der Waals surface area contributed by atoms with Crippen molar-refractivity contribution >= 4 is 17.9 Å². The quantitative estimate of drug-likeness (QED) is 0.658. The van der Waals surface area contributed by atoms with Crippen LogP contribution in [0.1, 0.15) is 20.8 Å². The van der Waals surface area contributed by atoms with E-state index in [0.29, 0.717) is 5.69 Å². The van der Waals surface area contributed by atoms with Gasteiger partial charge in [0.15, 0.2) is 5.75 Å². The minimum Gasteiger partial charge on any atom is -0.444 e. The van der Waals surface area contributed by atoms with E-state index in [9.17, 15) is 9.59 Å². The summed E-state index contributed by atoms with van der Waals surface area (Å²) in [6, 6.07) is 6.47. The van der Waals surface area contributed by atoms with Crippen LogP contribution in [0.15, 0.2) is 24.3 Å². The minimum atomic E-state index is -0.863. The molecule has 0 saturated carbocycles. The number of hydrogen-bond acceptors (Lipinski definition) is 5. The Morgan fingerprint density at radius 2 is 1.79 bits per heavy atom. The van der Waals surface area contributed by atoms with Crippen LogP contribution in [0.3, 0.4) is 0 Å². The summed E-state index contributed by atoms with van der Waals surface area (Å²) in [6.45, 7) is 5.26. The molecule has 0 fully saturated rings. The fraction of sp³-hybridized carbons (Fsp3) is 0.385. The summed E-state index contributed by atoms with van der Waals surface area (Å²) in [5, 5.41) is 2.50. The molecule has 1 rings (SSSR count). The van der Waals surface area contributed by atoms with Crippen LogP contribution in [-0.2, 0) is 9.47 Å². The van der Waals surface area contributed by atoms with Gasteiger partial charge in [-0.05, 0) is 32.9 Å². The van der Waals surface area contributed by atoms with Crippen LogP contribution in [0.25, 0.3) is 0 Å². The fourth-order valence-corrected chi connectivity index (χ4v) is 1.20. The Morgan fingerprint density at radius 1 is 1.16 bits per heavy atom. The lowest BCUT2D eigenvalue weighted by Gasteiger charge is -2.20. The number of methoxy groups -OCH3 is 1. The molecule has 1 N–H and O–H groups in total. The Balaban J connectivity index is 2.78. The van der Waals surface area contributed by atoms with Gasteiger partial charge in [-0.2, -0.15) is 0 Å². The molecule has 104 valence electrons. The first-order chi connectivity index (χ1) is 8.81. The van der Waals surface area contributed by atoms with E-state index in [1.54, 1.807) is 39.0 Å². The van der Waals surface area contributed by atoms with Gasteiger partial charge in [0.05, 0.1) is 12.8 Å². The van der Waals surface area contributed by atoms with Gasteiger partial charge < -0.3 is 14.2 Å². The van der Waals surface area contributed by atoms with Crippen LogP contribution in [0.4, 0.5) is 15.3 Å². The maximum atomic E-state index is 11.6. The van der Waals surface area contributed by atoms with Crippen LogP contribution in [-0.4, -0.2) is 25.0 Å². The van der Waals surface area contributed by atoms with Gasteiger partial charge in [0, 0.05) is 0 Å². The summed E-state index contributed by atoms with van der Waals surface area (Å²) >= 11 is 0. The lowest BCUT2D eigenvalue weighted by Crippen LogP contribution is -2.27. The van der Waals surface area contributed by atoms with Gasteiger partial charge in [0.1, 0.15) is 5.60 Å². The number of amides is 1. The predicted octanol–water partition coefficient (Wildman–Crippen LogP) is 3.18. The van der Waals surface area contributed by atoms with Crippen molar-refractivity contribution in [2.45, 2.75) is 26.4 Å². The number of benzene rings is 1. The molecule has 0 saturated heterocycles. The zero-order chi connectivity index (χ0) is 14.5. The topological polar surface area (TPSA) is 73.9 Å². The number of carbonyl (C=O) groups is 2. The number of rotatable bonds is 2. The molecule has 1 aromatic carbocycles. The lowest BCUT2D eigenvalue weighted by atomic mass is 10.2. The first kappa shape index (κ1) is 14.8. The molecule has 0 spiro atoms. The standard InChI is InChI=1S/C13H17NO5/c1-13(2,3)19-11(15)14-9-7-5-6-8-10(9)18-12(16)17-4/h5-8H,1-4H3,(H,14,15). The summed E-state index contributed by atoms with van der Waals surface area (Å²) < 4.78 is 14.4. The molecule has 0 heterocycles. The minimum absolute atomic E-state index is 0.181. The van der Waals surface area contributed by atoms with E-state index in [1.807, 2.05) is 0 Å². The van der Waals surface area contributed by atoms with Crippen LogP contribution in [0.5, 0.6) is 5.75 Å². The van der Waals surface area contributed by atoms with E-state index in [1.165, 1.54) is 13.2 Å². The molecule has 0 aromatic heterocycles. The molecule has 0 unspecified atom stereocenters. The fourth-order valence-electron chi connectivity index (χ4n) is 1.20. The number of carbonyl (C=O) groups excluding carboxylic acids is 2. The maximum Gasteiger partial charge on any atom is 0.513 e. The number of ether oxygens (including phenoxy) is 3. The van der Waals surface area contributed by atoms with Crippen LogP contribution < -0.4 is 10.1 Å². The van der Waals surface area contributed by atoms with Crippen LogP contribution in [0, 0.1) is 0 Å². The molecule has 19 heavy (non-hydrogen) atoms. The number of hydrogen-bond donors (Lipinski definition) is 1. The van der Waals surface area contributed by atoms with Crippen molar-refractivity contribution in [3.63, 3.8) is 0 Å². The van der Waals surface area contributed by atoms with Gasteiger partial charge in [-0.25, -0.2) is 9.59 Å². The van der Waals surface area contributed by atoms with Gasteiger partial charge in [-0.3, -0.25) is 5.32 Å². The molecule has 0 aliphatic rings. The number of para-hydroxylation sites is 2. The monoisotopic (exact) mass is 267 g/mol. The summed E-state index contributed by atoms with van der Waals surface area (Å²) in [5.41, 5.74) is -0.287. The van der Waals surface area contributed by atoms with Gasteiger partial charge >= 0.3 is 12.2 Å². The third kappa shape index (κ3) is 5.29. The van der Waals surface area contributed by atoms with Crippen molar-refractivity contribution in [1.82, 2.24) is 0 Å². The van der Waals surface area contributed by atoms with E-state index in [-0.39, 0.29) is 5.75 Å². The summed E-state index contributed by atoms with van der Waals surface area (Å²) in [7, 11) is 1.20. The third-order valence-electron chi connectivity index (χ3n) is 1.88. The van der Waals surface area contributed by atoms with Crippen molar-refractivity contribution in [2.24, 2.45) is 0 Å². The maximum absolute atomic E-state index is 11.6. The van der Waals surface area contributed by atoms with Gasteiger partial charge in [-0.15, -0.1) is 0 Å². The highest BCUT2D eigenvalue weighted by atomic mass is 16.7. The molecule has 0 aliphatic heterocycles. The number of anilines is 1. The molecular weight excluding hydrogens is 250 g/mol. The smallest absolute Gasteiger partial charge is 0.444 e. The SMILES string of the molecule is COC(=O)Oc1ccccc1NC(=O)OC(C)(C)C. The van der Waals surface area contributed by atoms with Crippen molar-refractivity contribution < 1.29 is 23.8 Å². The van der Waals surface area contributed by atoms with Crippen molar-refractivity contribution in [1.29, 1.82) is 0 Å². The first-order valence-electron chi connectivity index (χ1n) is 5.66. The van der Waals surface area contributed by atoms with E-state index in [0.717, 1.165) is 0 Å². The van der Waals surface area contributed by atoms with Crippen molar-refractivity contribution in [3.8, 4) is 5.75 Å². The summed E-state index contributed by atoms with van der Waals surface area (Å²) in [6.07, 6.45) is -1.49. The highest BCUT2D eigenvalue weighted by Crippen LogP contribution is 2.24. The van der Waals surface area contributed by atoms with Crippen LogP contribution in [0.2, 0.25) is 0 Å². The third-order valence-corrected chi connectivity index (χ3v) is 1.88. The number of nitrogens with one attached hydrogen (secondary N) is 1. The molecule has 0 radical (unpaired) electrons. The molecule has 0 aliphatic carbocycles. The van der Waals surface area contributed by atoms with E-state index in [4.69, 9.17) is 9.47 Å². The lowest BCUT2D eigenvalue weighted by molar-refractivity contribution is 0.0634. The largest absolute Gasteiger partial charge is 0.513 e. The Morgan fingerprint density at radius 3 is 2.37 bits per heavy atom. The molecule has 1 aromatic rings. The van der Waals surface area contributed by atoms with Gasteiger partial charge in [0.2, 0.25) is 0 Å². The molecule has 1 amide bonds. The second-order valence-corrected chi connectivity index (χ2v) is 4.68.